The van der Waals surface area contributed by atoms with Crippen LogP contribution in [0.25, 0.3) is 0 Å². The predicted octanol–water partition coefficient (Wildman–Crippen LogP) is 4.44. The number of carbonyl (C=O) groups excluding carboxylic acids is 1. The fourth-order valence-electron chi connectivity index (χ4n) is 3.04. The fraction of sp³-hybridized carbons (Fsp3) is 0.208. The van der Waals surface area contributed by atoms with Crippen molar-refractivity contribution in [2.24, 2.45) is 0 Å². The Bertz CT molecular complexity index is 927. The van der Waals surface area contributed by atoms with Crippen molar-refractivity contribution >= 4 is 5.91 Å². The summed E-state index contributed by atoms with van der Waals surface area (Å²) in [6, 6.07) is 23.3. The van der Waals surface area contributed by atoms with Crippen molar-refractivity contribution < 1.29 is 13.9 Å². The second-order valence-corrected chi connectivity index (χ2v) is 7.04. The van der Waals surface area contributed by atoms with Crippen LogP contribution in [-0.4, -0.2) is 31.4 Å². The molecule has 0 aliphatic carbocycles. The molecule has 0 radical (unpaired) electrons. The van der Waals surface area contributed by atoms with E-state index >= 15 is 0 Å². The van der Waals surface area contributed by atoms with Gasteiger partial charge in [0.1, 0.15) is 18.2 Å². The molecule has 3 aromatic carbocycles. The van der Waals surface area contributed by atoms with Crippen molar-refractivity contribution in [2.75, 3.05) is 20.6 Å². The highest BCUT2D eigenvalue weighted by Crippen LogP contribution is 2.18. The number of nitrogens with zero attached hydrogens (tertiary/aromatic N) is 1. The number of nitrogens with one attached hydrogen (secondary N) is 1. The Labute approximate surface area is 170 Å². The van der Waals surface area contributed by atoms with Crippen molar-refractivity contribution in [3.05, 3.63) is 101 Å². The summed E-state index contributed by atoms with van der Waals surface area (Å²) in [6.45, 7) is 0.822. The lowest BCUT2D eigenvalue weighted by molar-refractivity contribution is 0.0942. The minimum absolute atomic E-state index is 0.117. The number of para-hydroxylation sites is 1. The first kappa shape index (κ1) is 20.6. The molecule has 0 unspecified atom stereocenters. The summed E-state index contributed by atoms with van der Waals surface area (Å²) in [5, 5.41) is 2.94. The predicted molar refractivity (Wildman–Crippen MR) is 112 cm³/mol. The topological polar surface area (TPSA) is 41.6 Å². The fourth-order valence-corrected chi connectivity index (χ4v) is 3.04. The normalized spacial score (nSPS) is 11.9. The molecule has 150 valence electrons. The van der Waals surface area contributed by atoms with Gasteiger partial charge in [0, 0.05) is 12.1 Å². The van der Waals surface area contributed by atoms with Gasteiger partial charge in [-0.05, 0) is 61.6 Å². The Morgan fingerprint density at radius 1 is 1.00 bits per heavy atom. The Morgan fingerprint density at radius 2 is 1.72 bits per heavy atom. The zero-order valence-electron chi connectivity index (χ0n) is 16.6. The van der Waals surface area contributed by atoms with Gasteiger partial charge in [0.05, 0.1) is 6.04 Å². The molecule has 0 saturated heterocycles. The molecule has 0 fully saturated rings. The van der Waals surface area contributed by atoms with E-state index in [4.69, 9.17) is 4.74 Å². The summed E-state index contributed by atoms with van der Waals surface area (Å²) in [5.41, 5.74) is 2.38. The van der Waals surface area contributed by atoms with E-state index in [1.165, 1.54) is 12.1 Å². The Morgan fingerprint density at radius 3 is 2.38 bits per heavy atom. The molecule has 0 aromatic heterocycles. The number of halogens is 1. The number of amides is 1. The van der Waals surface area contributed by atoms with Crippen molar-refractivity contribution in [2.45, 2.75) is 12.6 Å². The van der Waals surface area contributed by atoms with Crippen LogP contribution in [0.4, 0.5) is 4.39 Å². The van der Waals surface area contributed by atoms with Crippen molar-refractivity contribution in [3.8, 4) is 5.75 Å². The van der Waals surface area contributed by atoms with Gasteiger partial charge in [-0.15, -0.1) is 0 Å². The lowest BCUT2D eigenvalue weighted by atomic mass is 10.1. The first-order valence-corrected chi connectivity index (χ1v) is 9.50. The molecular weight excluding hydrogens is 367 g/mol. The highest BCUT2D eigenvalue weighted by atomic mass is 19.1. The van der Waals surface area contributed by atoms with Gasteiger partial charge in [-0.2, -0.15) is 0 Å². The number of ether oxygens (including phenoxy) is 1. The third kappa shape index (κ3) is 5.90. The van der Waals surface area contributed by atoms with Crippen LogP contribution in [0.15, 0.2) is 78.9 Å². The van der Waals surface area contributed by atoms with Crippen LogP contribution in [0.3, 0.4) is 0 Å². The Kier molecular flexibility index (Phi) is 6.98. The maximum Gasteiger partial charge on any atom is 0.251 e. The van der Waals surface area contributed by atoms with E-state index < -0.39 is 0 Å². The molecule has 3 aromatic rings. The van der Waals surface area contributed by atoms with E-state index in [2.05, 4.69) is 5.32 Å². The lowest BCUT2D eigenvalue weighted by Crippen LogP contribution is -2.34. The van der Waals surface area contributed by atoms with Gasteiger partial charge in [-0.3, -0.25) is 4.79 Å². The SMILES string of the molecule is CN(C)[C@@H](CNC(=O)c1ccc(COc2ccccc2)cc1)c1cccc(F)c1. The van der Waals surface area contributed by atoms with Crippen molar-refractivity contribution in [1.82, 2.24) is 10.2 Å². The molecule has 1 amide bonds. The van der Waals surface area contributed by atoms with Crippen LogP contribution in [0, 0.1) is 5.82 Å². The number of benzene rings is 3. The lowest BCUT2D eigenvalue weighted by Gasteiger charge is -2.25. The third-order valence-electron chi connectivity index (χ3n) is 4.68. The standard InChI is InChI=1S/C24H25FN2O2/c1-27(2)23(20-7-6-8-21(25)15-20)16-26-24(28)19-13-11-18(12-14-19)17-29-22-9-4-3-5-10-22/h3-15,23H,16-17H2,1-2H3,(H,26,28)/t23-/m0/s1. The molecule has 4 nitrogen and oxygen atoms in total. The molecule has 0 aliphatic rings. The molecule has 0 bridgehead atoms. The highest BCUT2D eigenvalue weighted by molar-refractivity contribution is 5.94. The molecule has 0 aliphatic heterocycles. The molecule has 0 spiro atoms. The minimum Gasteiger partial charge on any atom is -0.489 e. The van der Waals surface area contributed by atoms with Gasteiger partial charge in [-0.1, -0.05) is 42.5 Å². The van der Waals surface area contributed by atoms with E-state index in [1.54, 1.807) is 18.2 Å². The number of rotatable bonds is 8. The van der Waals surface area contributed by atoms with E-state index in [9.17, 15) is 9.18 Å². The Balaban J connectivity index is 1.57. The monoisotopic (exact) mass is 392 g/mol. The van der Waals surface area contributed by atoms with Crippen LogP contribution < -0.4 is 10.1 Å². The summed E-state index contributed by atoms with van der Waals surface area (Å²) < 4.78 is 19.3. The van der Waals surface area contributed by atoms with Crippen LogP contribution in [0.5, 0.6) is 5.75 Å². The molecule has 5 heteroatoms. The summed E-state index contributed by atoms with van der Waals surface area (Å²) in [5.74, 6) is 0.360. The molecule has 1 atom stereocenters. The molecule has 3 rings (SSSR count). The van der Waals surface area contributed by atoms with Crippen LogP contribution >= 0.6 is 0 Å². The number of hydrogen-bond acceptors (Lipinski definition) is 3. The van der Waals surface area contributed by atoms with E-state index in [1.807, 2.05) is 67.5 Å². The average molecular weight is 392 g/mol. The number of carbonyl (C=O) groups is 1. The van der Waals surface area contributed by atoms with Crippen LogP contribution in [0.2, 0.25) is 0 Å². The second-order valence-electron chi connectivity index (χ2n) is 7.04. The van der Waals surface area contributed by atoms with Crippen molar-refractivity contribution in [3.63, 3.8) is 0 Å². The van der Waals surface area contributed by atoms with Crippen LogP contribution in [0.1, 0.15) is 27.5 Å². The summed E-state index contributed by atoms with van der Waals surface area (Å²) in [7, 11) is 3.81. The molecule has 29 heavy (non-hydrogen) atoms. The van der Waals surface area contributed by atoms with Crippen LogP contribution in [-0.2, 0) is 6.61 Å². The summed E-state index contributed by atoms with van der Waals surface area (Å²) in [4.78, 5) is 14.5. The zero-order valence-corrected chi connectivity index (χ0v) is 16.6. The smallest absolute Gasteiger partial charge is 0.251 e. The van der Waals surface area contributed by atoms with Gasteiger partial charge in [0.15, 0.2) is 0 Å². The number of hydrogen-bond donors (Lipinski definition) is 1. The van der Waals surface area contributed by atoms with Gasteiger partial charge >= 0.3 is 0 Å². The van der Waals surface area contributed by atoms with Gasteiger partial charge in [0.2, 0.25) is 0 Å². The quantitative estimate of drug-likeness (QED) is 0.616. The van der Waals surface area contributed by atoms with E-state index in [0.29, 0.717) is 18.7 Å². The van der Waals surface area contributed by atoms with Gasteiger partial charge < -0.3 is 15.0 Å². The molecular formula is C24H25FN2O2. The maximum absolute atomic E-state index is 13.5. The average Bonchev–Trinajstić information content (AvgIpc) is 2.73. The molecule has 0 saturated carbocycles. The first-order valence-electron chi connectivity index (χ1n) is 9.50. The van der Waals surface area contributed by atoms with Gasteiger partial charge in [-0.25, -0.2) is 4.39 Å². The zero-order chi connectivity index (χ0) is 20.6. The first-order chi connectivity index (χ1) is 14.0. The van der Waals surface area contributed by atoms with Gasteiger partial charge in [0.25, 0.3) is 5.91 Å². The third-order valence-corrected chi connectivity index (χ3v) is 4.68. The van der Waals surface area contributed by atoms with E-state index in [0.717, 1.165) is 16.9 Å². The number of likely N-dealkylation sites (N-methyl/N-ethyl adjacent to an activating group) is 1. The second kappa shape index (κ2) is 9.85. The molecule has 1 N–H and O–H groups in total. The largest absolute Gasteiger partial charge is 0.489 e. The summed E-state index contributed by atoms with van der Waals surface area (Å²) in [6.07, 6.45) is 0. The van der Waals surface area contributed by atoms with Crippen molar-refractivity contribution in [1.29, 1.82) is 0 Å². The Hall–Kier alpha value is -3.18. The minimum atomic E-state index is -0.283. The molecule has 0 heterocycles. The highest BCUT2D eigenvalue weighted by Gasteiger charge is 2.16. The maximum atomic E-state index is 13.5. The summed E-state index contributed by atoms with van der Waals surface area (Å²) >= 11 is 0. The van der Waals surface area contributed by atoms with E-state index in [-0.39, 0.29) is 17.8 Å².